The zero-order valence-electron chi connectivity index (χ0n) is 21.9. The molecule has 1 N–H and O–H groups in total. The number of rotatable bonds is 22. The Morgan fingerprint density at radius 2 is 1.42 bits per heavy atom. The molecule has 0 aromatic carbocycles. The number of allylic oxidation sites excluding steroid dienone is 2. The summed E-state index contributed by atoms with van der Waals surface area (Å²) in [6.07, 6.45) is 19.3. The fraction of sp³-hybridized carbons (Fsp3) is 0.880. The summed E-state index contributed by atoms with van der Waals surface area (Å²) in [5.74, 6) is -0.425. The predicted octanol–water partition coefficient (Wildman–Crippen LogP) is 6.75. The van der Waals surface area contributed by atoms with Crippen LogP contribution in [0.4, 0.5) is 0 Å². The van der Waals surface area contributed by atoms with Crippen LogP contribution >= 0.6 is 7.82 Å². The van der Waals surface area contributed by atoms with Crippen LogP contribution in [0.25, 0.3) is 0 Å². The van der Waals surface area contributed by atoms with Gasteiger partial charge in [0.1, 0.15) is 13.2 Å². The monoisotopic (exact) mass is 492 g/mol. The molecule has 0 spiro atoms. The Hall–Kier alpha value is -0.720. The highest BCUT2D eigenvalue weighted by molar-refractivity contribution is 7.47. The van der Waals surface area contributed by atoms with Crippen molar-refractivity contribution in [3.63, 3.8) is 0 Å². The van der Waals surface area contributed by atoms with Gasteiger partial charge in [0.05, 0.1) is 21.1 Å². The Bertz CT molecular complexity index is 562. The third kappa shape index (κ3) is 24.2. The minimum atomic E-state index is -4.25. The maximum absolute atomic E-state index is 11.9. The number of unbranched alkanes of at least 4 members (excludes halogenated alkanes) is 11. The number of quaternary nitrogens is 1. The van der Waals surface area contributed by atoms with Crippen LogP contribution in [0.15, 0.2) is 12.2 Å². The number of phosphoric acid groups is 1. The SMILES string of the molecule is CCCCCCCCC=CCCCCCCCC(=O)OC(C)OP(=O)(O)OCC[N+](C)(C)C. The Morgan fingerprint density at radius 3 is 1.97 bits per heavy atom. The highest BCUT2D eigenvalue weighted by Gasteiger charge is 2.27. The Labute approximate surface area is 203 Å². The minimum absolute atomic E-state index is 0.0763. The van der Waals surface area contributed by atoms with E-state index in [1.54, 1.807) is 0 Å². The Morgan fingerprint density at radius 1 is 0.909 bits per heavy atom. The van der Waals surface area contributed by atoms with Crippen molar-refractivity contribution in [2.75, 3.05) is 34.3 Å². The van der Waals surface area contributed by atoms with Gasteiger partial charge >= 0.3 is 13.8 Å². The summed E-state index contributed by atoms with van der Waals surface area (Å²) in [6, 6.07) is 0. The molecular weight excluding hydrogens is 441 g/mol. The van der Waals surface area contributed by atoms with E-state index in [9.17, 15) is 14.3 Å². The van der Waals surface area contributed by atoms with E-state index in [-0.39, 0.29) is 13.0 Å². The first-order valence-electron chi connectivity index (χ1n) is 12.9. The zero-order chi connectivity index (χ0) is 25.0. The smallest absolute Gasteiger partial charge is 0.435 e. The summed E-state index contributed by atoms with van der Waals surface area (Å²) >= 11 is 0. The van der Waals surface area contributed by atoms with Gasteiger partial charge in [-0.15, -0.1) is 0 Å². The third-order valence-electron chi connectivity index (χ3n) is 5.24. The number of hydrogen-bond acceptors (Lipinski definition) is 5. The highest BCUT2D eigenvalue weighted by Crippen LogP contribution is 2.44. The van der Waals surface area contributed by atoms with Crippen LogP contribution in [0.2, 0.25) is 0 Å². The van der Waals surface area contributed by atoms with Crippen molar-refractivity contribution < 1.29 is 32.5 Å². The van der Waals surface area contributed by atoms with Gasteiger partial charge in [0, 0.05) is 6.42 Å². The van der Waals surface area contributed by atoms with Crippen molar-refractivity contribution in [3.05, 3.63) is 12.2 Å². The molecule has 8 heteroatoms. The first kappa shape index (κ1) is 32.3. The number of phosphoric ester groups is 1. The maximum atomic E-state index is 11.9. The molecule has 2 unspecified atom stereocenters. The molecule has 0 saturated heterocycles. The van der Waals surface area contributed by atoms with Crippen molar-refractivity contribution in [1.29, 1.82) is 0 Å². The fourth-order valence-corrected chi connectivity index (χ4v) is 4.05. The van der Waals surface area contributed by atoms with E-state index < -0.39 is 20.1 Å². The van der Waals surface area contributed by atoms with E-state index in [2.05, 4.69) is 19.1 Å². The summed E-state index contributed by atoms with van der Waals surface area (Å²) in [4.78, 5) is 21.6. The molecular formula is C25H51NO6P+. The number of likely N-dealkylation sites (N-methyl/N-ethyl adjacent to an activating group) is 1. The average molecular weight is 493 g/mol. The number of nitrogens with zero attached hydrogens (tertiary/aromatic N) is 1. The second-order valence-electron chi connectivity index (χ2n) is 9.81. The first-order chi connectivity index (χ1) is 15.6. The summed E-state index contributed by atoms with van der Waals surface area (Å²) in [7, 11) is 1.60. The summed E-state index contributed by atoms with van der Waals surface area (Å²) in [6.45, 7) is 4.30. The van der Waals surface area contributed by atoms with Crippen molar-refractivity contribution in [3.8, 4) is 0 Å². The average Bonchev–Trinajstić information content (AvgIpc) is 2.69. The molecule has 0 saturated carbocycles. The number of ether oxygens (including phenoxy) is 1. The molecule has 0 fully saturated rings. The number of hydrogen-bond donors (Lipinski definition) is 1. The lowest BCUT2D eigenvalue weighted by Crippen LogP contribution is -2.37. The summed E-state index contributed by atoms with van der Waals surface area (Å²) < 4.78 is 27.4. The van der Waals surface area contributed by atoms with Crippen LogP contribution in [0.1, 0.15) is 104 Å². The highest BCUT2D eigenvalue weighted by atomic mass is 31.2. The van der Waals surface area contributed by atoms with E-state index in [4.69, 9.17) is 13.8 Å². The van der Waals surface area contributed by atoms with Crippen LogP contribution in [0, 0.1) is 0 Å². The molecule has 0 aromatic rings. The van der Waals surface area contributed by atoms with Crippen LogP contribution in [0.3, 0.4) is 0 Å². The van der Waals surface area contributed by atoms with E-state index in [1.807, 2.05) is 21.1 Å². The Balaban J connectivity index is 3.64. The minimum Gasteiger partial charge on any atom is -0.435 e. The lowest BCUT2D eigenvalue weighted by molar-refractivity contribution is -0.870. The van der Waals surface area contributed by atoms with Crippen LogP contribution in [-0.2, 0) is 23.1 Å². The van der Waals surface area contributed by atoms with Gasteiger partial charge in [-0.25, -0.2) is 9.09 Å². The number of esters is 1. The van der Waals surface area contributed by atoms with Gasteiger partial charge < -0.3 is 14.1 Å². The Kier molecular flexibility index (Phi) is 19.1. The zero-order valence-corrected chi connectivity index (χ0v) is 22.8. The topological polar surface area (TPSA) is 82.1 Å². The van der Waals surface area contributed by atoms with Crippen molar-refractivity contribution in [2.24, 2.45) is 0 Å². The van der Waals surface area contributed by atoms with E-state index in [0.29, 0.717) is 11.0 Å². The first-order valence-corrected chi connectivity index (χ1v) is 14.4. The van der Waals surface area contributed by atoms with Gasteiger partial charge in [-0.1, -0.05) is 70.4 Å². The molecule has 0 rings (SSSR count). The van der Waals surface area contributed by atoms with Gasteiger partial charge in [0.25, 0.3) is 0 Å². The molecule has 2 atom stereocenters. The van der Waals surface area contributed by atoms with Gasteiger partial charge in [-0.05, 0) is 39.0 Å². The second kappa shape index (κ2) is 19.6. The molecule has 0 aliphatic carbocycles. The van der Waals surface area contributed by atoms with Gasteiger partial charge in [0.2, 0.25) is 6.29 Å². The largest absolute Gasteiger partial charge is 0.475 e. The van der Waals surface area contributed by atoms with Crippen LogP contribution in [-0.4, -0.2) is 55.9 Å². The van der Waals surface area contributed by atoms with Crippen LogP contribution < -0.4 is 0 Å². The number of carbonyl (C=O) groups is 1. The molecule has 33 heavy (non-hydrogen) atoms. The van der Waals surface area contributed by atoms with Gasteiger partial charge in [0.15, 0.2) is 0 Å². The summed E-state index contributed by atoms with van der Waals surface area (Å²) in [5, 5.41) is 0. The quantitative estimate of drug-likeness (QED) is 0.0449. The lowest BCUT2D eigenvalue weighted by atomic mass is 10.1. The molecule has 0 aliphatic rings. The van der Waals surface area contributed by atoms with Crippen molar-refractivity contribution in [2.45, 2.75) is 110 Å². The van der Waals surface area contributed by atoms with E-state index in [1.165, 1.54) is 58.3 Å². The normalized spacial score (nSPS) is 15.0. The lowest BCUT2D eigenvalue weighted by Gasteiger charge is -2.24. The van der Waals surface area contributed by atoms with Crippen LogP contribution in [0.5, 0.6) is 0 Å². The standard InChI is InChI=1S/C25H50NO6P/c1-6-7-8-9-10-11-12-13-14-15-16-17-18-19-20-21-25(27)31-24(2)32-33(28,29)30-23-22-26(3,4)5/h13-14,24H,6-12,15-23H2,1-5H3/p+1. The molecule has 0 amide bonds. The molecule has 0 radical (unpaired) electrons. The molecule has 0 bridgehead atoms. The number of carbonyl (C=O) groups excluding carboxylic acids is 1. The second-order valence-corrected chi connectivity index (χ2v) is 11.2. The van der Waals surface area contributed by atoms with Gasteiger partial charge in [-0.2, -0.15) is 0 Å². The van der Waals surface area contributed by atoms with E-state index in [0.717, 1.165) is 32.1 Å². The molecule has 0 aromatic heterocycles. The van der Waals surface area contributed by atoms with E-state index >= 15 is 0 Å². The molecule has 7 nitrogen and oxygen atoms in total. The molecule has 0 aliphatic heterocycles. The summed E-state index contributed by atoms with van der Waals surface area (Å²) in [5.41, 5.74) is 0. The maximum Gasteiger partial charge on any atom is 0.475 e. The third-order valence-corrected chi connectivity index (χ3v) is 6.31. The molecule has 0 heterocycles. The fourth-order valence-electron chi connectivity index (χ4n) is 3.25. The van der Waals surface area contributed by atoms with Gasteiger partial charge in [-0.3, -0.25) is 9.32 Å². The van der Waals surface area contributed by atoms with Crippen molar-refractivity contribution in [1.82, 2.24) is 0 Å². The molecule has 196 valence electrons. The van der Waals surface area contributed by atoms with Crippen molar-refractivity contribution >= 4 is 13.8 Å². The predicted molar refractivity (Wildman–Crippen MR) is 135 cm³/mol.